The van der Waals surface area contributed by atoms with Gasteiger partial charge in [0.1, 0.15) is 17.6 Å². The lowest BCUT2D eigenvalue weighted by Crippen LogP contribution is -2.54. The second-order valence-electron chi connectivity index (χ2n) is 13.8. The molecule has 3 aliphatic heterocycles. The van der Waals surface area contributed by atoms with E-state index in [2.05, 4.69) is 43.6 Å². The second-order valence-corrected chi connectivity index (χ2v) is 13.8. The SMILES string of the molecule is O=C1CCC(N2C(=O)c3cccc(OCCCCCN4CCN(c5ccc(Nc6ncc7ccc(C=Cc8ccccc8)n7n6)cn5)CC4)c3C2=O)C(=O)N1. The van der Waals surface area contributed by atoms with Gasteiger partial charge in [0, 0.05) is 32.6 Å². The van der Waals surface area contributed by atoms with Crippen LogP contribution in [-0.2, 0) is 9.59 Å². The van der Waals surface area contributed by atoms with Gasteiger partial charge in [0.25, 0.3) is 11.8 Å². The van der Waals surface area contributed by atoms with E-state index in [1.54, 1.807) is 24.4 Å². The van der Waals surface area contributed by atoms with Crippen molar-refractivity contribution in [1.29, 1.82) is 0 Å². The monoisotopic (exact) mass is 739 g/mol. The fourth-order valence-electron chi connectivity index (χ4n) is 7.23. The van der Waals surface area contributed by atoms with Crippen molar-refractivity contribution in [3.8, 4) is 5.75 Å². The number of hydrogen-bond donors (Lipinski definition) is 2. The molecule has 1 unspecified atom stereocenters. The lowest BCUT2D eigenvalue weighted by atomic mass is 10.0. The van der Waals surface area contributed by atoms with Crippen LogP contribution >= 0.6 is 0 Å². The topological polar surface area (TPSA) is 154 Å². The minimum absolute atomic E-state index is 0.0759. The summed E-state index contributed by atoms with van der Waals surface area (Å²) < 4.78 is 7.86. The minimum atomic E-state index is -1.00. The molecule has 4 amide bonds. The number of anilines is 3. The molecule has 3 aliphatic rings. The fourth-order valence-corrected chi connectivity index (χ4v) is 7.23. The van der Waals surface area contributed by atoms with E-state index < -0.39 is 29.7 Å². The quantitative estimate of drug-likeness (QED) is 0.126. The standard InChI is InChI=1S/C41H41N9O5/c51-36-19-17-33(38(52)45-36)49-39(53)32-10-7-11-34(37(32)40(49)54)55-25-6-2-5-20-47-21-23-48(24-22-47)35-18-13-29(26-42-35)44-41-43-27-31-16-15-30(50(31)46-41)14-12-28-8-3-1-4-9-28/h1,3-4,7-16,18,26-27,33H,2,5-6,17,19-25H2,(H,44,46)(H,45,51,52). The molecule has 5 aromatic rings. The van der Waals surface area contributed by atoms with Crippen molar-refractivity contribution in [2.75, 3.05) is 49.5 Å². The van der Waals surface area contributed by atoms with Gasteiger partial charge in [0.15, 0.2) is 0 Å². The van der Waals surface area contributed by atoms with Gasteiger partial charge in [-0.15, -0.1) is 5.10 Å². The van der Waals surface area contributed by atoms with Gasteiger partial charge in [-0.3, -0.25) is 34.3 Å². The van der Waals surface area contributed by atoms with Crippen LogP contribution in [-0.4, -0.2) is 98.4 Å². The van der Waals surface area contributed by atoms with Crippen LogP contribution in [0.3, 0.4) is 0 Å². The molecule has 2 fully saturated rings. The van der Waals surface area contributed by atoms with Crippen LogP contribution in [0.5, 0.6) is 5.75 Å². The van der Waals surface area contributed by atoms with Gasteiger partial charge in [0.2, 0.25) is 17.8 Å². The summed E-state index contributed by atoms with van der Waals surface area (Å²) in [5.74, 6) is -0.370. The van der Waals surface area contributed by atoms with E-state index in [1.807, 2.05) is 59.3 Å². The second kappa shape index (κ2) is 15.9. The Bertz CT molecular complexity index is 2250. The van der Waals surface area contributed by atoms with Crippen LogP contribution < -0.4 is 20.3 Å². The molecule has 8 rings (SSSR count). The third-order valence-corrected chi connectivity index (χ3v) is 10.2. The van der Waals surface area contributed by atoms with Crippen molar-refractivity contribution in [1.82, 2.24) is 34.7 Å². The molecule has 55 heavy (non-hydrogen) atoms. The summed E-state index contributed by atoms with van der Waals surface area (Å²) in [5, 5.41) is 10.2. The van der Waals surface area contributed by atoms with E-state index >= 15 is 0 Å². The number of carbonyl (C=O) groups is 4. The van der Waals surface area contributed by atoms with Crippen molar-refractivity contribution in [2.24, 2.45) is 0 Å². The summed E-state index contributed by atoms with van der Waals surface area (Å²) in [7, 11) is 0. The molecule has 2 N–H and O–H groups in total. The Morgan fingerprint density at radius 2 is 1.67 bits per heavy atom. The molecule has 6 heterocycles. The highest BCUT2D eigenvalue weighted by Gasteiger charge is 2.46. The molecule has 0 saturated carbocycles. The van der Waals surface area contributed by atoms with Crippen molar-refractivity contribution < 1.29 is 23.9 Å². The Morgan fingerprint density at radius 1 is 0.818 bits per heavy atom. The van der Waals surface area contributed by atoms with Gasteiger partial charge in [-0.25, -0.2) is 14.5 Å². The number of amides is 4. The molecule has 280 valence electrons. The predicted octanol–water partition coefficient (Wildman–Crippen LogP) is 4.81. The molecule has 0 aliphatic carbocycles. The van der Waals surface area contributed by atoms with E-state index in [-0.39, 0.29) is 24.0 Å². The molecular formula is C41H41N9O5. The molecule has 2 saturated heterocycles. The van der Waals surface area contributed by atoms with Crippen LogP contribution in [0.2, 0.25) is 0 Å². The third-order valence-electron chi connectivity index (χ3n) is 10.2. The lowest BCUT2D eigenvalue weighted by Gasteiger charge is -2.35. The highest BCUT2D eigenvalue weighted by Crippen LogP contribution is 2.34. The minimum Gasteiger partial charge on any atom is -0.493 e. The van der Waals surface area contributed by atoms with Gasteiger partial charge in [-0.05, 0) is 80.3 Å². The molecule has 14 nitrogen and oxygen atoms in total. The van der Waals surface area contributed by atoms with E-state index in [9.17, 15) is 19.2 Å². The number of aromatic nitrogens is 4. The maximum Gasteiger partial charge on any atom is 0.266 e. The summed E-state index contributed by atoms with van der Waals surface area (Å²) >= 11 is 0. The first-order valence-corrected chi connectivity index (χ1v) is 18.7. The molecule has 14 heteroatoms. The summed E-state index contributed by atoms with van der Waals surface area (Å²) in [4.78, 5) is 65.3. The molecule has 2 aromatic carbocycles. The number of piperazine rings is 1. The van der Waals surface area contributed by atoms with Gasteiger partial charge < -0.3 is 15.0 Å². The van der Waals surface area contributed by atoms with Crippen molar-refractivity contribution >= 4 is 58.8 Å². The van der Waals surface area contributed by atoms with Crippen LogP contribution in [0.4, 0.5) is 17.5 Å². The Kier molecular flexibility index (Phi) is 10.3. The highest BCUT2D eigenvalue weighted by molar-refractivity contribution is 6.24. The number of carbonyl (C=O) groups excluding carboxylic acids is 4. The number of nitrogens with zero attached hydrogens (tertiary/aromatic N) is 7. The highest BCUT2D eigenvalue weighted by atomic mass is 16.5. The van der Waals surface area contributed by atoms with Gasteiger partial charge in [-0.1, -0.05) is 42.5 Å². The molecule has 3 aromatic heterocycles. The van der Waals surface area contributed by atoms with Gasteiger partial charge >= 0.3 is 0 Å². The predicted molar refractivity (Wildman–Crippen MR) is 207 cm³/mol. The maximum absolute atomic E-state index is 13.3. The van der Waals surface area contributed by atoms with Crippen LogP contribution in [0.1, 0.15) is 64.1 Å². The molecular weight excluding hydrogens is 699 g/mol. The van der Waals surface area contributed by atoms with Crippen molar-refractivity contribution in [2.45, 2.75) is 38.1 Å². The number of nitrogens with one attached hydrogen (secondary N) is 2. The summed E-state index contributed by atoms with van der Waals surface area (Å²) in [5.41, 5.74) is 4.20. The van der Waals surface area contributed by atoms with E-state index in [0.29, 0.717) is 18.3 Å². The van der Waals surface area contributed by atoms with Crippen molar-refractivity contribution in [3.63, 3.8) is 0 Å². The lowest BCUT2D eigenvalue weighted by molar-refractivity contribution is -0.136. The Labute approximate surface area is 317 Å². The zero-order valence-electron chi connectivity index (χ0n) is 30.3. The molecule has 1 atom stereocenters. The zero-order chi connectivity index (χ0) is 37.7. The van der Waals surface area contributed by atoms with E-state index in [1.165, 1.54) is 0 Å². The summed E-state index contributed by atoms with van der Waals surface area (Å²) in [6.07, 6.45) is 10.7. The smallest absolute Gasteiger partial charge is 0.266 e. The van der Waals surface area contributed by atoms with Gasteiger partial charge in [0.05, 0.1) is 47.0 Å². The van der Waals surface area contributed by atoms with Crippen LogP contribution in [0.15, 0.2) is 85.2 Å². The number of imide groups is 2. The maximum atomic E-state index is 13.3. The number of unbranched alkanes of at least 4 members (excludes halogenated alkanes) is 2. The Morgan fingerprint density at radius 3 is 2.47 bits per heavy atom. The first-order chi connectivity index (χ1) is 26.9. The fraction of sp³-hybridized carbons (Fsp3) is 0.293. The first-order valence-electron chi connectivity index (χ1n) is 18.7. The average Bonchev–Trinajstić information content (AvgIpc) is 3.73. The van der Waals surface area contributed by atoms with Crippen molar-refractivity contribution in [3.05, 3.63) is 108 Å². The Balaban J connectivity index is 0.762. The number of rotatable bonds is 13. The number of fused-ring (bicyclic) bond motifs is 2. The third kappa shape index (κ3) is 7.80. The Hall–Kier alpha value is -6.41. The van der Waals surface area contributed by atoms with E-state index in [4.69, 9.17) is 14.8 Å². The molecule has 0 bridgehead atoms. The number of ether oxygens (including phenoxy) is 1. The largest absolute Gasteiger partial charge is 0.493 e. The number of hydrogen-bond acceptors (Lipinski definition) is 11. The summed E-state index contributed by atoms with van der Waals surface area (Å²) in [6, 6.07) is 22.1. The summed E-state index contributed by atoms with van der Waals surface area (Å²) in [6.45, 7) is 5.05. The van der Waals surface area contributed by atoms with Gasteiger partial charge in [-0.2, -0.15) is 0 Å². The van der Waals surface area contributed by atoms with E-state index in [0.717, 1.165) is 85.2 Å². The molecule has 0 spiro atoms. The first kappa shape index (κ1) is 35.6. The average molecular weight is 740 g/mol. The zero-order valence-corrected chi connectivity index (χ0v) is 30.3. The van der Waals surface area contributed by atoms with Crippen LogP contribution in [0, 0.1) is 0 Å². The normalized spacial score (nSPS) is 17.6. The number of pyridine rings is 1. The van der Waals surface area contributed by atoms with Crippen LogP contribution in [0.25, 0.3) is 17.7 Å². The number of benzene rings is 2. The number of piperidine rings is 1. The molecule has 0 radical (unpaired) electrons.